The SMILES string of the molecule is C1CCN2CCC(NC3=NCC(C4CC4)S3)C2C1. The number of thioether (sulfide) groups is 1. The van der Waals surface area contributed by atoms with E-state index in [1.54, 1.807) is 0 Å². The molecule has 0 radical (unpaired) electrons. The fourth-order valence-electron chi connectivity index (χ4n) is 3.76. The van der Waals surface area contributed by atoms with Gasteiger partial charge in [0.05, 0.1) is 6.54 Å². The number of nitrogens with zero attached hydrogens (tertiary/aromatic N) is 2. The van der Waals surface area contributed by atoms with Gasteiger partial charge < -0.3 is 5.32 Å². The van der Waals surface area contributed by atoms with Gasteiger partial charge in [0.15, 0.2) is 5.17 Å². The molecular weight excluding hydrogens is 242 g/mol. The van der Waals surface area contributed by atoms with Crippen molar-refractivity contribution in [1.29, 1.82) is 0 Å². The number of piperidine rings is 1. The van der Waals surface area contributed by atoms with Gasteiger partial charge in [0.1, 0.15) is 0 Å². The average molecular weight is 265 g/mol. The summed E-state index contributed by atoms with van der Waals surface area (Å²) in [6.45, 7) is 3.69. The second-order valence-corrected chi connectivity index (χ2v) is 7.51. The van der Waals surface area contributed by atoms with Crippen molar-refractivity contribution in [3.63, 3.8) is 0 Å². The van der Waals surface area contributed by atoms with Crippen LogP contribution in [0.1, 0.15) is 38.5 Å². The summed E-state index contributed by atoms with van der Waals surface area (Å²) in [4.78, 5) is 7.42. The molecule has 3 fully saturated rings. The van der Waals surface area contributed by atoms with E-state index in [4.69, 9.17) is 4.99 Å². The second-order valence-electron chi connectivity index (χ2n) is 6.28. The Hall–Kier alpha value is -0.220. The van der Waals surface area contributed by atoms with Crippen molar-refractivity contribution >= 4 is 16.9 Å². The van der Waals surface area contributed by atoms with Crippen molar-refractivity contribution in [3.8, 4) is 0 Å². The number of hydrogen-bond acceptors (Lipinski definition) is 4. The lowest BCUT2D eigenvalue weighted by Gasteiger charge is -2.32. The van der Waals surface area contributed by atoms with Crippen molar-refractivity contribution < 1.29 is 0 Å². The highest BCUT2D eigenvalue weighted by atomic mass is 32.2. The molecular formula is C14H23N3S. The third kappa shape index (κ3) is 2.18. The number of nitrogens with one attached hydrogen (secondary N) is 1. The van der Waals surface area contributed by atoms with Crippen LogP contribution in [-0.4, -0.2) is 47.0 Å². The molecule has 1 aliphatic carbocycles. The first-order valence-corrected chi connectivity index (χ1v) is 8.50. The highest BCUT2D eigenvalue weighted by Gasteiger charge is 2.39. The highest BCUT2D eigenvalue weighted by molar-refractivity contribution is 8.14. The maximum Gasteiger partial charge on any atom is 0.157 e. The lowest BCUT2D eigenvalue weighted by atomic mass is 9.99. The predicted molar refractivity (Wildman–Crippen MR) is 77.2 cm³/mol. The fourth-order valence-corrected chi connectivity index (χ4v) is 5.03. The summed E-state index contributed by atoms with van der Waals surface area (Å²) >= 11 is 2.03. The zero-order valence-electron chi connectivity index (χ0n) is 11.0. The minimum atomic E-state index is 0.675. The number of aliphatic imine (C=N–C) groups is 1. The van der Waals surface area contributed by atoms with E-state index in [9.17, 15) is 0 Å². The van der Waals surface area contributed by atoms with Crippen molar-refractivity contribution in [2.45, 2.75) is 55.9 Å². The molecule has 2 saturated heterocycles. The number of fused-ring (bicyclic) bond motifs is 1. The average Bonchev–Trinajstić information content (AvgIpc) is 3.02. The zero-order chi connectivity index (χ0) is 11.9. The van der Waals surface area contributed by atoms with Crippen molar-refractivity contribution in [3.05, 3.63) is 0 Å². The highest BCUT2D eigenvalue weighted by Crippen LogP contribution is 2.41. The summed E-state index contributed by atoms with van der Waals surface area (Å²) in [5.41, 5.74) is 0. The lowest BCUT2D eigenvalue weighted by Crippen LogP contribution is -2.46. The van der Waals surface area contributed by atoms with Gasteiger partial charge in [-0.05, 0) is 44.6 Å². The first-order valence-electron chi connectivity index (χ1n) is 7.62. The third-order valence-electron chi connectivity index (χ3n) is 4.99. The smallest absolute Gasteiger partial charge is 0.157 e. The first-order chi connectivity index (χ1) is 8.90. The Balaban J connectivity index is 1.34. The minimum absolute atomic E-state index is 0.675. The summed E-state index contributed by atoms with van der Waals surface area (Å²) in [5.74, 6) is 0.979. The molecule has 4 aliphatic rings. The lowest BCUT2D eigenvalue weighted by molar-refractivity contribution is 0.185. The van der Waals surface area contributed by atoms with Gasteiger partial charge in [-0.15, -0.1) is 0 Å². The van der Waals surface area contributed by atoms with Gasteiger partial charge in [-0.3, -0.25) is 9.89 Å². The van der Waals surface area contributed by atoms with Crippen LogP contribution in [0.15, 0.2) is 4.99 Å². The number of rotatable bonds is 2. The van der Waals surface area contributed by atoms with Crippen LogP contribution >= 0.6 is 11.8 Å². The molecule has 0 bridgehead atoms. The van der Waals surface area contributed by atoms with Crippen LogP contribution in [0.5, 0.6) is 0 Å². The van der Waals surface area contributed by atoms with Crippen molar-refractivity contribution in [2.24, 2.45) is 10.9 Å². The molecule has 1 N–H and O–H groups in total. The van der Waals surface area contributed by atoms with E-state index < -0.39 is 0 Å². The quantitative estimate of drug-likeness (QED) is 0.828. The zero-order valence-corrected chi connectivity index (χ0v) is 11.8. The van der Waals surface area contributed by atoms with Gasteiger partial charge >= 0.3 is 0 Å². The van der Waals surface area contributed by atoms with E-state index in [1.807, 2.05) is 11.8 Å². The van der Waals surface area contributed by atoms with Crippen molar-refractivity contribution in [2.75, 3.05) is 19.6 Å². The largest absolute Gasteiger partial charge is 0.361 e. The molecule has 3 heterocycles. The monoisotopic (exact) mass is 265 g/mol. The fraction of sp³-hybridized carbons (Fsp3) is 0.929. The summed E-state index contributed by atoms with van der Waals surface area (Å²) in [6, 6.07) is 1.47. The molecule has 0 aromatic rings. The van der Waals surface area contributed by atoms with Gasteiger partial charge in [0, 0.05) is 23.9 Å². The second kappa shape index (κ2) is 4.71. The predicted octanol–water partition coefficient (Wildman–Crippen LogP) is 2.08. The molecule has 18 heavy (non-hydrogen) atoms. The van der Waals surface area contributed by atoms with Crippen LogP contribution in [0.25, 0.3) is 0 Å². The minimum Gasteiger partial charge on any atom is -0.361 e. The van der Waals surface area contributed by atoms with Crippen LogP contribution in [0.2, 0.25) is 0 Å². The Labute approximate surface area is 114 Å². The molecule has 0 spiro atoms. The van der Waals surface area contributed by atoms with Gasteiger partial charge in [0.25, 0.3) is 0 Å². The summed E-state index contributed by atoms with van der Waals surface area (Å²) < 4.78 is 0. The molecule has 1 saturated carbocycles. The van der Waals surface area contributed by atoms with Crippen LogP contribution in [0.4, 0.5) is 0 Å². The molecule has 0 aromatic carbocycles. The molecule has 3 atom stereocenters. The van der Waals surface area contributed by atoms with Gasteiger partial charge in [-0.2, -0.15) is 0 Å². The molecule has 4 rings (SSSR count). The maximum absolute atomic E-state index is 4.73. The topological polar surface area (TPSA) is 27.6 Å². The van der Waals surface area contributed by atoms with Crippen LogP contribution in [0.3, 0.4) is 0 Å². The Morgan fingerprint density at radius 3 is 2.94 bits per heavy atom. The van der Waals surface area contributed by atoms with Gasteiger partial charge in [0.2, 0.25) is 0 Å². The Morgan fingerprint density at radius 2 is 2.06 bits per heavy atom. The van der Waals surface area contributed by atoms with Crippen LogP contribution < -0.4 is 5.32 Å². The van der Waals surface area contributed by atoms with E-state index in [0.29, 0.717) is 6.04 Å². The van der Waals surface area contributed by atoms with E-state index >= 15 is 0 Å². The van der Waals surface area contributed by atoms with Crippen LogP contribution in [0, 0.1) is 5.92 Å². The Bertz CT molecular complexity index is 353. The van der Waals surface area contributed by atoms with E-state index in [2.05, 4.69) is 10.2 Å². The molecule has 0 amide bonds. The Morgan fingerprint density at radius 1 is 1.11 bits per heavy atom. The summed E-state index contributed by atoms with van der Waals surface area (Å²) in [7, 11) is 0. The van der Waals surface area contributed by atoms with Gasteiger partial charge in [-0.1, -0.05) is 18.2 Å². The van der Waals surface area contributed by atoms with Gasteiger partial charge in [-0.25, -0.2) is 0 Å². The standard InChI is InChI=1S/C14H23N3S/c1-2-7-17-8-6-11(12(17)3-1)16-14-15-9-13(18-14)10-4-5-10/h10-13H,1-9H2,(H,15,16). The first kappa shape index (κ1) is 11.6. The van der Waals surface area contributed by atoms with E-state index in [-0.39, 0.29) is 0 Å². The summed E-state index contributed by atoms with van der Waals surface area (Å²) in [5, 5.41) is 5.82. The third-order valence-corrected chi connectivity index (χ3v) is 6.30. The molecule has 4 heteroatoms. The molecule has 3 unspecified atom stereocenters. The number of hydrogen-bond donors (Lipinski definition) is 1. The molecule has 3 aliphatic heterocycles. The Kier molecular flexibility index (Phi) is 3.03. The number of amidine groups is 1. The van der Waals surface area contributed by atoms with Crippen LogP contribution in [-0.2, 0) is 0 Å². The molecule has 100 valence electrons. The maximum atomic E-state index is 4.73. The molecule has 0 aromatic heterocycles. The van der Waals surface area contributed by atoms with E-state index in [1.165, 1.54) is 56.8 Å². The summed E-state index contributed by atoms with van der Waals surface area (Å²) in [6.07, 6.45) is 8.42. The van der Waals surface area contributed by atoms with Crippen molar-refractivity contribution in [1.82, 2.24) is 10.2 Å². The van der Waals surface area contributed by atoms with E-state index in [0.717, 1.165) is 23.8 Å². The molecule has 3 nitrogen and oxygen atoms in total. The normalized spacial score (nSPS) is 40.7.